The fourth-order valence-electron chi connectivity index (χ4n) is 3.75. The molecule has 6 heteroatoms. The van der Waals surface area contributed by atoms with Crippen LogP contribution < -0.4 is 9.64 Å². The van der Waals surface area contributed by atoms with E-state index < -0.39 is 0 Å². The highest BCUT2D eigenvalue weighted by molar-refractivity contribution is 5.97. The lowest BCUT2D eigenvalue weighted by atomic mass is 10.1. The van der Waals surface area contributed by atoms with Crippen molar-refractivity contribution < 1.29 is 9.53 Å². The van der Waals surface area contributed by atoms with Crippen LogP contribution in [0.1, 0.15) is 28.7 Å². The van der Waals surface area contributed by atoms with E-state index in [1.54, 1.807) is 4.90 Å². The molecule has 150 valence electrons. The van der Waals surface area contributed by atoms with Gasteiger partial charge in [-0.15, -0.1) is 0 Å². The zero-order valence-electron chi connectivity index (χ0n) is 17.3. The summed E-state index contributed by atoms with van der Waals surface area (Å²) in [6.45, 7) is 8.17. The third kappa shape index (κ3) is 3.75. The first-order chi connectivity index (χ1) is 14.0. The van der Waals surface area contributed by atoms with E-state index in [0.717, 1.165) is 46.9 Å². The number of aromatic nitrogens is 2. The highest BCUT2D eigenvalue weighted by Gasteiger charge is 2.27. The van der Waals surface area contributed by atoms with Crippen LogP contribution in [0.2, 0.25) is 0 Å². The molecule has 1 aliphatic heterocycles. The average Bonchev–Trinajstić information content (AvgIpc) is 2.73. The Balaban J connectivity index is 1.51. The van der Waals surface area contributed by atoms with Crippen molar-refractivity contribution >= 4 is 22.6 Å². The molecule has 0 saturated carbocycles. The van der Waals surface area contributed by atoms with Gasteiger partial charge < -0.3 is 14.5 Å². The molecule has 1 amide bonds. The Labute approximate surface area is 171 Å². The minimum atomic E-state index is -0.0797. The van der Waals surface area contributed by atoms with Crippen molar-refractivity contribution in [3.63, 3.8) is 0 Å². The second kappa shape index (κ2) is 7.70. The molecule has 2 aromatic carbocycles. The van der Waals surface area contributed by atoms with Crippen LogP contribution in [-0.2, 0) is 0 Å². The topological polar surface area (TPSA) is 58.6 Å². The highest BCUT2D eigenvalue weighted by Crippen LogP contribution is 2.33. The van der Waals surface area contributed by atoms with Crippen molar-refractivity contribution in [2.45, 2.75) is 26.9 Å². The van der Waals surface area contributed by atoms with Crippen LogP contribution in [0, 0.1) is 13.8 Å². The number of fused-ring (bicyclic) bond motifs is 2. The summed E-state index contributed by atoms with van der Waals surface area (Å²) < 4.78 is 6.16. The van der Waals surface area contributed by atoms with E-state index in [0.29, 0.717) is 12.1 Å². The van der Waals surface area contributed by atoms with Gasteiger partial charge in [0, 0.05) is 19.2 Å². The summed E-state index contributed by atoms with van der Waals surface area (Å²) in [5.41, 5.74) is 5.05. The van der Waals surface area contributed by atoms with Crippen molar-refractivity contribution in [1.29, 1.82) is 0 Å². The fraction of sp³-hybridized carbons (Fsp3) is 0.348. The van der Waals surface area contributed by atoms with Crippen LogP contribution in [0.3, 0.4) is 0 Å². The van der Waals surface area contributed by atoms with E-state index in [1.165, 1.54) is 0 Å². The van der Waals surface area contributed by atoms with Crippen molar-refractivity contribution in [3.8, 4) is 5.75 Å². The van der Waals surface area contributed by atoms with Gasteiger partial charge in [-0.3, -0.25) is 4.79 Å². The summed E-state index contributed by atoms with van der Waals surface area (Å²) in [6.07, 6.45) is -0.0797. The zero-order valence-corrected chi connectivity index (χ0v) is 17.3. The Morgan fingerprint density at radius 2 is 1.86 bits per heavy atom. The SMILES string of the molecule is CCN1CC(CN(C)C(=O)c2ccc3nc(C)c(C)nc3c2)Oc2ccccc21. The molecule has 0 N–H and O–H groups in total. The number of ether oxygens (including phenoxy) is 1. The maximum Gasteiger partial charge on any atom is 0.253 e. The Morgan fingerprint density at radius 3 is 2.62 bits per heavy atom. The van der Waals surface area contributed by atoms with Gasteiger partial charge in [0.1, 0.15) is 11.9 Å². The second-order valence-corrected chi connectivity index (χ2v) is 7.53. The molecule has 0 radical (unpaired) electrons. The zero-order chi connectivity index (χ0) is 20.5. The lowest BCUT2D eigenvalue weighted by Gasteiger charge is -2.37. The van der Waals surface area contributed by atoms with Crippen molar-refractivity contribution in [1.82, 2.24) is 14.9 Å². The number of benzene rings is 2. The summed E-state index contributed by atoms with van der Waals surface area (Å²) in [4.78, 5) is 26.1. The third-order valence-corrected chi connectivity index (χ3v) is 5.45. The van der Waals surface area contributed by atoms with E-state index in [2.05, 4.69) is 27.9 Å². The summed E-state index contributed by atoms with van der Waals surface area (Å²) in [5, 5.41) is 0. The molecule has 4 rings (SSSR count). The van der Waals surface area contributed by atoms with E-state index >= 15 is 0 Å². The number of nitrogens with zero attached hydrogens (tertiary/aromatic N) is 4. The summed E-state index contributed by atoms with van der Waals surface area (Å²) in [7, 11) is 1.82. The van der Waals surface area contributed by atoms with Crippen LogP contribution in [0.15, 0.2) is 42.5 Å². The number of amides is 1. The molecule has 29 heavy (non-hydrogen) atoms. The molecule has 1 unspecified atom stereocenters. The molecule has 6 nitrogen and oxygen atoms in total. The van der Waals surface area contributed by atoms with E-state index in [1.807, 2.05) is 57.3 Å². The molecule has 2 heterocycles. The smallest absolute Gasteiger partial charge is 0.253 e. The quantitative estimate of drug-likeness (QED) is 0.681. The molecule has 0 aliphatic carbocycles. The Morgan fingerprint density at radius 1 is 1.14 bits per heavy atom. The maximum absolute atomic E-state index is 13.0. The first kappa shape index (κ1) is 19.2. The monoisotopic (exact) mass is 390 g/mol. The van der Waals surface area contributed by atoms with Gasteiger partial charge in [-0.05, 0) is 51.1 Å². The third-order valence-electron chi connectivity index (χ3n) is 5.45. The molecular weight excluding hydrogens is 364 g/mol. The van der Waals surface area contributed by atoms with Crippen LogP contribution in [0.4, 0.5) is 5.69 Å². The van der Waals surface area contributed by atoms with Gasteiger partial charge in [0.2, 0.25) is 0 Å². The molecular formula is C23H26N4O2. The van der Waals surface area contributed by atoms with Crippen molar-refractivity contribution in [2.75, 3.05) is 31.6 Å². The summed E-state index contributed by atoms with van der Waals surface area (Å²) in [5.74, 6) is 0.829. The number of rotatable bonds is 4. The van der Waals surface area contributed by atoms with Gasteiger partial charge in [0.25, 0.3) is 5.91 Å². The second-order valence-electron chi connectivity index (χ2n) is 7.53. The summed E-state index contributed by atoms with van der Waals surface area (Å²) in [6, 6.07) is 13.6. The number of carbonyl (C=O) groups excluding carboxylic acids is 1. The standard InChI is InChI=1S/C23H26N4O2/c1-5-27-14-18(29-22-9-7-6-8-21(22)27)13-26(4)23(28)17-10-11-19-20(12-17)25-16(3)15(2)24-19/h6-12,18H,5,13-14H2,1-4H3. The predicted octanol–water partition coefficient (Wildman–Crippen LogP) is 3.61. The minimum Gasteiger partial charge on any atom is -0.485 e. The Bertz CT molecular complexity index is 1070. The highest BCUT2D eigenvalue weighted by atomic mass is 16.5. The number of hydrogen-bond acceptors (Lipinski definition) is 5. The maximum atomic E-state index is 13.0. The lowest BCUT2D eigenvalue weighted by Crippen LogP contribution is -2.46. The van der Waals surface area contributed by atoms with Crippen LogP contribution in [-0.4, -0.2) is 53.6 Å². The van der Waals surface area contributed by atoms with Crippen LogP contribution >= 0.6 is 0 Å². The van der Waals surface area contributed by atoms with Gasteiger partial charge in [0.05, 0.1) is 41.2 Å². The normalized spacial score (nSPS) is 15.7. The fourth-order valence-corrected chi connectivity index (χ4v) is 3.75. The Hall–Kier alpha value is -3.15. The molecule has 0 spiro atoms. The van der Waals surface area contributed by atoms with Gasteiger partial charge >= 0.3 is 0 Å². The number of carbonyl (C=O) groups is 1. The van der Waals surface area contributed by atoms with E-state index in [4.69, 9.17) is 4.74 Å². The van der Waals surface area contributed by atoms with Crippen LogP contribution in [0.5, 0.6) is 5.75 Å². The van der Waals surface area contributed by atoms with E-state index in [-0.39, 0.29) is 12.0 Å². The lowest BCUT2D eigenvalue weighted by molar-refractivity contribution is 0.0709. The van der Waals surface area contributed by atoms with Crippen molar-refractivity contribution in [3.05, 3.63) is 59.4 Å². The number of hydrogen-bond donors (Lipinski definition) is 0. The molecule has 1 aliphatic rings. The minimum absolute atomic E-state index is 0.0440. The van der Waals surface area contributed by atoms with Gasteiger partial charge in [-0.1, -0.05) is 12.1 Å². The van der Waals surface area contributed by atoms with E-state index in [9.17, 15) is 4.79 Å². The molecule has 0 bridgehead atoms. The molecule has 1 atom stereocenters. The van der Waals surface area contributed by atoms with Crippen LogP contribution in [0.25, 0.3) is 11.0 Å². The molecule has 0 saturated heterocycles. The van der Waals surface area contributed by atoms with Gasteiger partial charge in [-0.2, -0.15) is 0 Å². The molecule has 3 aromatic rings. The molecule has 0 fully saturated rings. The van der Waals surface area contributed by atoms with Gasteiger partial charge in [0.15, 0.2) is 0 Å². The number of aryl methyl sites for hydroxylation is 2. The largest absolute Gasteiger partial charge is 0.485 e. The predicted molar refractivity (Wildman–Crippen MR) is 115 cm³/mol. The molecule has 1 aromatic heterocycles. The van der Waals surface area contributed by atoms with Crippen molar-refractivity contribution in [2.24, 2.45) is 0 Å². The number of para-hydroxylation sites is 2. The average molecular weight is 390 g/mol. The number of likely N-dealkylation sites (N-methyl/N-ethyl adjacent to an activating group) is 2. The number of anilines is 1. The first-order valence-electron chi connectivity index (χ1n) is 9.97. The summed E-state index contributed by atoms with van der Waals surface area (Å²) >= 11 is 0. The Kier molecular flexibility index (Phi) is 5.09. The van der Waals surface area contributed by atoms with Gasteiger partial charge in [-0.25, -0.2) is 9.97 Å². The first-order valence-corrected chi connectivity index (χ1v) is 9.97.